The number of benzene rings is 1. The second-order valence-corrected chi connectivity index (χ2v) is 9.99. The van der Waals surface area contributed by atoms with Gasteiger partial charge in [-0.1, -0.05) is 32.4 Å². The summed E-state index contributed by atoms with van der Waals surface area (Å²) in [5.74, 6) is 0.135. The molecule has 0 bridgehead atoms. The van der Waals surface area contributed by atoms with E-state index in [-0.39, 0.29) is 22.1 Å². The second-order valence-electron chi connectivity index (χ2n) is 7.87. The Kier molecular flexibility index (Phi) is 5.44. The SMILES string of the molecule is CC(C)(C)C1=NC(c2cc(F)cc(NS(C)(=O)=O)c2Cl)C(c2ccnc(N)n2)N1. The fourth-order valence-corrected chi connectivity index (χ4v) is 3.92. The monoisotopic (exact) mass is 440 g/mol. The van der Waals surface area contributed by atoms with Gasteiger partial charge in [0.25, 0.3) is 0 Å². The molecule has 2 unspecified atom stereocenters. The Hall–Kier alpha value is -2.46. The zero-order chi connectivity index (χ0) is 21.6. The van der Waals surface area contributed by atoms with E-state index in [2.05, 4.69) is 20.0 Å². The molecule has 0 aliphatic carbocycles. The Labute approximate surface area is 173 Å². The minimum atomic E-state index is -3.65. The van der Waals surface area contributed by atoms with Gasteiger partial charge in [0.15, 0.2) is 0 Å². The first-order valence-electron chi connectivity index (χ1n) is 8.75. The van der Waals surface area contributed by atoms with E-state index in [1.807, 2.05) is 20.8 Å². The largest absolute Gasteiger partial charge is 0.368 e. The summed E-state index contributed by atoms with van der Waals surface area (Å²) in [6.45, 7) is 5.95. The molecule has 156 valence electrons. The highest BCUT2D eigenvalue weighted by atomic mass is 35.5. The van der Waals surface area contributed by atoms with E-state index in [0.29, 0.717) is 17.1 Å². The highest BCUT2D eigenvalue weighted by Crippen LogP contribution is 2.43. The van der Waals surface area contributed by atoms with Crippen LogP contribution in [0, 0.1) is 11.2 Å². The van der Waals surface area contributed by atoms with Crippen molar-refractivity contribution in [2.24, 2.45) is 10.4 Å². The van der Waals surface area contributed by atoms with Gasteiger partial charge in [0.05, 0.1) is 28.7 Å². The second kappa shape index (κ2) is 7.42. The smallest absolute Gasteiger partial charge is 0.229 e. The zero-order valence-corrected chi connectivity index (χ0v) is 17.9. The van der Waals surface area contributed by atoms with Crippen LogP contribution in [-0.4, -0.2) is 30.5 Å². The van der Waals surface area contributed by atoms with Crippen molar-refractivity contribution in [3.8, 4) is 0 Å². The number of rotatable bonds is 4. The van der Waals surface area contributed by atoms with Gasteiger partial charge in [-0.15, -0.1) is 0 Å². The molecular formula is C18H22ClFN6O2S. The lowest BCUT2D eigenvalue weighted by Gasteiger charge is -2.23. The third kappa shape index (κ3) is 4.76. The number of amidine groups is 1. The van der Waals surface area contributed by atoms with Gasteiger partial charge in [-0.2, -0.15) is 0 Å². The van der Waals surface area contributed by atoms with Gasteiger partial charge in [0.2, 0.25) is 16.0 Å². The maximum Gasteiger partial charge on any atom is 0.229 e. The van der Waals surface area contributed by atoms with Gasteiger partial charge in [-0.25, -0.2) is 22.8 Å². The number of sulfonamides is 1. The van der Waals surface area contributed by atoms with E-state index in [1.165, 1.54) is 12.3 Å². The molecule has 1 aliphatic heterocycles. The van der Waals surface area contributed by atoms with Crippen LogP contribution in [0.4, 0.5) is 16.0 Å². The third-order valence-electron chi connectivity index (χ3n) is 4.28. The van der Waals surface area contributed by atoms with Crippen molar-refractivity contribution < 1.29 is 12.8 Å². The average molecular weight is 441 g/mol. The number of nitrogens with two attached hydrogens (primary N) is 1. The van der Waals surface area contributed by atoms with Crippen molar-refractivity contribution in [1.82, 2.24) is 15.3 Å². The van der Waals surface area contributed by atoms with Crippen molar-refractivity contribution in [3.05, 3.63) is 46.5 Å². The summed E-state index contributed by atoms with van der Waals surface area (Å²) in [5, 5.41) is 3.39. The van der Waals surface area contributed by atoms with Crippen molar-refractivity contribution in [2.45, 2.75) is 32.9 Å². The lowest BCUT2D eigenvalue weighted by Crippen LogP contribution is -2.34. The van der Waals surface area contributed by atoms with Crippen LogP contribution in [0.2, 0.25) is 5.02 Å². The molecule has 1 aliphatic rings. The molecule has 2 aromatic rings. The topological polar surface area (TPSA) is 122 Å². The highest BCUT2D eigenvalue weighted by molar-refractivity contribution is 7.92. The third-order valence-corrected chi connectivity index (χ3v) is 5.29. The number of nitrogens with one attached hydrogen (secondary N) is 2. The van der Waals surface area contributed by atoms with E-state index in [0.717, 1.165) is 12.3 Å². The Morgan fingerprint density at radius 3 is 2.59 bits per heavy atom. The maximum absolute atomic E-state index is 14.4. The molecule has 2 atom stereocenters. The Morgan fingerprint density at radius 1 is 1.31 bits per heavy atom. The summed E-state index contributed by atoms with van der Waals surface area (Å²) < 4.78 is 39.9. The first-order valence-corrected chi connectivity index (χ1v) is 11.0. The minimum absolute atomic E-state index is 0.0514. The molecule has 0 spiro atoms. The van der Waals surface area contributed by atoms with Gasteiger partial charge in [-0.3, -0.25) is 9.71 Å². The molecule has 11 heteroatoms. The Balaban J connectivity index is 2.15. The fraction of sp³-hybridized carbons (Fsp3) is 0.389. The van der Waals surface area contributed by atoms with E-state index >= 15 is 0 Å². The minimum Gasteiger partial charge on any atom is -0.368 e. The molecule has 0 saturated carbocycles. The number of anilines is 2. The summed E-state index contributed by atoms with van der Waals surface area (Å²) in [4.78, 5) is 12.9. The van der Waals surface area contributed by atoms with E-state index in [9.17, 15) is 12.8 Å². The molecule has 8 nitrogen and oxygen atoms in total. The predicted octanol–water partition coefficient (Wildman–Crippen LogP) is 3.05. The predicted molar refractivity (Wildman–Crippen MR) is 112 cm³/mol. The number of nitrogen functional groups attached to an aromatic ring is 1. The summed E-state index contributed by atoms with van der Waals surface area (Å²) in [5.41, 5.74) is 6.24. The number of aliphatic imine (C=N–C) groups is 1. The van der Waals surface area contributed by atoms with E-state index in [1.54, 1.807) is 6.07 Å². The Bertz CT molecular complexity index is 1080. The summed E-state index contributed by atoms with van der Waals surface area (Å²) >= 11 is 6.46. The van der Waals surface area contributed by atoms with Crippen molar-refractivity contribution in [2.75, 3.05) is 16.7 Å². The summed E-state index contributed by atoms with van der Waals surface area (Å²) in [7, 11) is -3.65. The first-order chi connectivity index (χ1) is 13.3. The number of hydrogen-bond donors (Lipinski definition) is 3. The van der Waals surface area contributed by atoms with Crippen molar-refractivity contribution in [3.63, 3.8) is 0 Å². The van der Waals surface area contributed by atoms with Crippen LogP contribution in [0.3, 0.4) is 0 Å². The molecule has 0 amide bonds. The maximum atomic E-state index is 14.4. The number of aromatic nitrogens is 2. The van der Waals surface area contributed by atoms with E-state index < -0.39 is 27.9 Å². The highest BCUT2D eigenvalue weighted by Gasteiger charge is 2.38. The van der Waals surface area contributed by atoms with Crippen molar-refractivity contribution in [1.29, 1.82) is 0 Å². The van der Waals surface area contributed by atoms with Crippen LogP contribution in [0.5, 0.6) is 0 Å². The van der Waals surface area contributed by atoms with E-state index in [4.69, 9.17) is 22.3 Å². The summed E-state index contributed by atoms with van der Waals surface area (Å²) in [6.07, 6.45) is 2.49. The molecule has 4 N–H and O–H groups in total. The average Bonchev–Trinajstić information content (AvgIpc) is 3.02. The van der Waals surface area contributed by atoms with Gasteiger partial charge < -0.3 is 11.1 Å². The normalized spacial score (nSPS) is 19.6. The molecule has 1 aromatic carbocycles. The quantitative estimate of drug-likeness (QED) is 0.671. The van der Waals surface area contributed by atoms with Crippen LogP contribution < -0.4 is 15.8 Å². The molecule has 0 saturated heterocycles. The van der Waals surface area contributed by atoms with Crippen LogP contribution in [-0.2, 0) is 10.0 Å². The molecule has 3 rings (SSSR count). The van der Waals surface area contributed by atoms with Gasteiger partial charge in [0, 0.05) is 17.2 Å². The molecule has 29 heavy (non-hydrogen) atoms. The number of halogens is 2. The lowest BCUT2D eigenvalue weighted by atomic mass is 9.95. The number of nitrogens with zero attached hydrogens (tertiary/aromatic N) is 3. The molecular weight excluding hydrogens is 419 g/mol. The Morgan fingerprint density at radius 2 is 2.00 bits per heavy atom. The van der Waals surface area contributed by atoms with Gasteiger partial charge in [-0.05, 0) is 18.2 Å². The standard InChI is InChI=1S/C18H22ClFN6O2S/c1-18(2,3)16-24-14(15(25-16)11-5-6-22-17(21)23-11)10-7-9(20)8-12(13(10)19)26-29(4,27)28/h5-8,14-15,26H,1-4H3,(H,24,25)(H2,21,22,23). The van der Waals surface area contributed by atoms with Gasteiger partial charge >= 0.3 is 0 Å². The summed E-state index contributed by atoms with van der Waals surface area (Å²) in [6, 6.07) is 2.82. The van der Waals surface area contributed by atoms with Crippen LogP contribution in [0.25, 0.3) is 0 Å². The van der Waals surface area contributed by atoms with Crippen LogP contribution in [0.1, 0.15) is 44.1 Å². The van der Waals surface area contributed by atoms with Crippen molar-refractivity contribution >= 4 is 39.1 Å². The molecule has 1 aromatic heterocycles. The van der Waals surface area contributed by atoms with Crippen LogP contribution in [0.15, 0.2) is 29.4 Å². The molecule has 0 fully saturated rings. The lowest BCUT2D eigenvalue weighted by molar-refractivity contribution is 0.532. The zero-order valence-electron chi connectivity index (χ0n) is 16.4. The van der Waals surface area contributed by atoms with Crippen LogP contribution >= 0.6 is 11.6 Å². The van der Waals surface area contributed by atoms with Gasteiger partial charge in [0.1, 0.15) is 17.7 Å². The molecule has 2 heterocycles. The number of hydrogen-bond acceptors (Lipinski definition) is 7. The fourth-order valence-electron chi connectivity index (χ4n) is 3.03. The first kappa shape index (κ1) is 21.3. The molecule has 0 radical (unpaired) electrons.